The van der Waals surface area contributed by atoms with Gasteiger partial charge in [0.2, 0.25) is 5.91 Å². The maximum Gasteiger partial charge on any atom is 0.325 e. The topological polar surface area (TPSA) is 97.0 Å². The summed E-state index contributed by atoms with van der Waals surface area (Å²) in [5.74, 6) is 0.494. The van der Waals surface area contributed by atoms with Crippen LogP contribution in [0.2, 0.25) is 0 Å². The van der Waals surface area contributed by atoms with Gasteiger partial charge in [0, 0.05) is 38.1 Å². The lowest BCUT2D eigenvalue weighted by molar-refractivity contribution is -0.131. The molecule has 0 radical (unpaired) electrons. The molecule has 174 valence electrons. The van der Waals surface area contributed by atoms with Crippen LogP contribution in [0.15, 0.2) is 24.3 Å². The Balaban J connectivity index is 1.35. The predicted octanol–water partition coefficient (Wildman–Crippen LogP) is 2.50. The Labute approximate surface area is 189 Å². The number of imide groups is 1. The molecule has 3 aliphatic rings. The molecule has 32 heavy (non-hydrogen) atoms. The first-order valence-electron chi connectivity index (χ1n) is 11.7. The van der Waals surface area contributed by atoms with Crippen molar-refractivity contribution < 1.29 is 23.9 Å². The molecule has 2 saturated heterocycles. The summed E-state index contributed by atoms with van der Waals surface area (Å²) in [6.45, 7) is 4.47. The molecule has 8 nitrogen and oxygen atoms in total. The Bertz CT molecular complexity index is 842. The van der Waals surface area contributed by atoms with E-state index in [9.17, 15) is 14.4 Å². The largest absolute Gasteiger partial charge is 0.494 e. The van der Waals surface area contributed by atoms with Crippen LogP contribution < -0.4 is 15.4 Å². The maximum atomic E-state index is 12.8. The number of rotatable bonds is 8. The van der Waals surface area contributed by atoms with Gasteiger partial charge in [0.15, 0.2) is 0 Å². The first-order valence-corrected chi connectivity index (χ1v) is 11.7. The summed E-state index contributed by atoms with van der Waals surface area (Å²) < 4.78 is 11.1. The van der Waals surface area contributed by atoms with E-state index in [1.54, 1.807) is 0 Å². The molecule has 1 spiro atoms. The molecular formula is C24H33N3O5. The van der Waals surface area contributed by atoms with Crippen LogP contribution in [0.25, 0.3) is 0 Å². The van der Waals surface area contributed by atoms with Gasteiger partial charge in [0.05, 0.1) is 6.61 Å². The van der Waals surface area contributed by atoms with Crippen LogP contribution in [0, 0.1) is 0 Å². The minimum atomic E-state index is -0.729. The van der Waals surface area contributed by atoms with Crippen LogP contribution in [-0.4, -0.2) is 61.2 Å². The van der Waals surface area contributed by atoms with Crippen molar-refractivity contribution in [2.75, 3.05) is 32.9 Å². The quantitative estimate of drug-likeness (QED) is 0.602. The number of nitrogens with zero attached hydrogens (tertiary/aromatic N) is 1. The number of hydrogen-bond acceptors (Lipinski definition) is 5. The van der Waals surface area contributed by atoms with Gasteiger partial charge < -0.3 is 20.1 Å². The average Bonchev–Trinajstić information content (AvgIpc) is 3.37. The van der Waals surface area contributed by atoms with Crippen molar-refractivity contribution in [1.82, 2.24) is 15.5 Å². The summed E-state index contributed by atoms with van der Waals surface area (Å²) in [5, 5.41) is 5.91. The van der Waals surface area contributed by atoms with Crippen LogP contribution in [0.3, 0.4) is 0 Å². The number of amides is 4. The molecular weight excluding hydrogens is 410 g/mol. The average molecular weight is 444 g/mol. The predicted molar refractivity (Wildman–Crippen MR) is 118 cm³/mol. The smallest absolute Gasteiger partial charge is 0.325 e. The summed E-state index contributed by atoms with van der Waals surface area (Å²) in [4.78, 5) is 38.9. The highest BCUT2D eigenvalue weighted by Crippen LogP contribution is 2.36. The number of carbonyl (C=O) groups excluding carboxylic acids is 3. The van der Waals surface area contributed by atoms with Gasteiger partial charge in [-0.25, -0.2) is 4.79 Å². The highest BCUT2D eigenvalue weighted by atomic mass is 16.5. The van der Waals surface area contributed by atoms with Crippen molar-refractivity contribution in [1.29, 1.82) is 0 Å². The molecule has 8 heteroatoms. The van der Waals surface area contributed by atoms with Crippen LogP contribution in [0.1, 0.15) is 57.4 Å². The van der Waals surface area contributed by atoms with E-state index in [0.29, 0.717) is 39.2 Å². The van der Waals surface area contributed by atoms with E-state index < -0.39 is 5.54 Å². The van der Waals surface area contributed by atoms with Gasteiger partial charge in [-0.2, -0.15) is 0 Å². The molecule has 0 unspecified atom stereocenters. The molecule has 2 aliphatic heterocycles. The zero-order valence-corrected chi connectivity index (χ0v) is 18.8. The first kappa shape index (κ1) is 22.6. The van der Waals surface area contributed by atoms with Crippen molar-refractivity contribution >= 4 is 17.8 Å². The third-order valence-electron chi connectivity index (χ3n) is 7.12. The molecule has 1 saturated carbocycles. The van der Waals surface area contributed by atoms with Gasteiger partial charge in [-0.1, -0.05) is 25.0 Å². The van der Waals surface area contributed by atoms with Crippen molar-refractivity contribution in [3.63, 3.8) is 0 Å². The summed E-state index contributed by atoms with van der Waals surface area (Å²) in [6, 6.07) is 7.69. The fourth-order valence-electron chi connectivity index (χ4n) is 5.17. The minimum absolute atomic E-state index is 0.102. The maximum absolute atomic E-state index is 12.8. The second-order valence-corrected chi connectivity index (χ2v) is 9.05. The van der Waals surface area contributed by atoms with Gasteiger partial charge in [-0.3, -0.25) is 14.5 Å². The van der Waals surface area contributed by atoms with Gasteiger partial charge in [-0.05, 0) is 50.3 Å². The molecule has 1 aromatic rings. The molecule has 2 heterocycles. The van der Waals surface area contributed by atoms with Crippen molar-refractivity contribution in [2.45, 2.75) is 62.8 Å². The monoisotopic (exact) mass is 443 g/mol. The third kappa shape index (κ3) is 4.46. The van der Waals surface area contributed by atoms with E-state index in [2.05, 4.69) is 22.8 Å². The van der Waals surface area contributed by atoms with Gasteiger partial charge in [0.1, 0.15) is 11.3 Å². The van der Waals surface area contributed by atoms with Gasteiger partial charge >= 0.3 is 6.03 Å². The summed E-state index contributed by atoms with van der Waals surface area (Å²) in [5.41, 5.74) is 0.225. The van der Waals surface area contributed by atoms with Crippen LogP contribution in [-0.2, 0) is 19.7 Å². The lowest BCUT2D eigenvalue weighted by Crippen LogP contribution is -2.45. The number of hydrogen-bond donors (Lipinski definition) is 2. The van der Waals surface area contributed by atoms with Gasteiger partial charge in [-0.15, -0.1) is 0 Å². The number of urea groups is 1. The molecule has 4 rings (SSSR count). The molecule has 4 amide bonds. The van der Waals surface area contributed by atoms with Crippen LogP contribution >= 0.6 is 0 Å². The van der Waals surface area contributed by atoms with Crippen LogP contribution in [0.5, 0.6) is 5.75 Å². The molecule has 0 aromatic heterocycles. The fourth-order valence-corrected chi connectivity index (χ4v) is 5.17. The second kappa shape index (κ2) is 9.48. The molecule has 0 bridgehead atoms. The highest BCUT2D eigenvalue weighted by molar-refractivity contribution is 6.07. The van der Waals surface area contributed by atoms with E-state index in [-0.39, 0.29) is 36.2 Å². The fraction of sp³-hybridized carbons (Fsp3) is 0.625. The van der Waals surface area contributed by atoms with Crippen LogP contribution in [0.4, 0.5) is 4.79 Å². The Morgan fingerprint density at radius 2 is 1.81 bits per heavy atom. The second-order valence-electron chi connectivity index (χ2n) is 9.05. The van der Waals surface area contributed by atoms with Gasteiger partial charge in [0.25, 0.3) is 5.91 Å². The van der Waals surface area contributed by atoms with Crippen molar-refractivity contribution in [3.8, 4) is 5.75 Å². The summed E-state index contributed by atoms with van der Waals surface area (Å²) in [7, 11) is 0. The van der Waals surface area contributed by atoms with Crippen molar-refractivity contribution in [2.24, 2.45) is 0 Å². The zero-order chi connectivity index (χ0) is 22.6. The summed E-state index contributed by atoms with van der Waals surface area (Å²) >= 11 is 0. The van der Waals surface area contributed by atoms with E-state index in [1.165, 1.54) is 4.90 Å². The van der Waals surface area contributed by atoms with E-state index in [0.717, 1.165) is 37.0 Å². The van der Waals surface area contributed by atoms with Crippen molar-refractivity contribution in [3.05, 3.63) is 29.8 Å². The SMILES string of the molecule is CCOc1ccc(C2(CNC(=O)CCN3C(=O)NC4(CCCC4)C3=O)CCOCC2)cc1. The summed E-state index contributed by atoms with van der Waals surface area (Å²) in [6.07, 6.45) is 4.99. The standard InChI is InChI=1S/C24H33N3O5/c1-2-32-19-7-5-18(6-8-19)23(12-15-31-16-13-23)17-25-20(28)9-14-27-21(29)24(26-22(27)30)10-3-4-11-24/h5-8H,2-4,9-17H2,1H3,(H,25,28)(H,26,30). The normalized spacial score (nSPS) is 21.6. The number of carbonyl (C=O) groups is 3. The molecule has 0 atom stereocenters. The lowest BCUT2D eigenvalue weighted by atomic mass is 9.74. The molecule has 1 aliphatic carbocycles. The van der Waals surface area contributed by atoms with E-state index in [4.69, 9.17) is 9.47 Å². The van der Waals surface area contributed by atoms with E-state index in [1.807, 2.05) is 19.1 Å². The highest BCUT2D eigenvalue weighted by Gasteiger charge is 2.52. The number of benzene rings is 1. The molecule has 2 N–H and O–H groups in total. The molecule has 3 fully saturated rings. The van der Waals surface area contributed by atoms with E-state index >= 15 is 0 Å². The first-order chi connectivity index (χ1) is 15.5. The third-order valence-corrected chi connectivity index (χ3v) is 7.12. The molecule has 1 aromatic carbocycles. The Kier molecular flexibility index (Phi) is 6.69. The Hall–Kier alpha value is -2.61. The minimum Gasteiger partial charge on any atom is -0.494 e. The zero-order valence-electron chi connectivity index (χ0n) is 18.8. The Morgan fingerprint density at radius 1 is 1.12 bits per heavy atom. The number of ether oxygens (including phenoxy) is 2. The Morgan fingerprint density at radius 3 is 2.47 bits per heavy atom. The number of nitrogens with one attached hydrogen (secondary N) is 2. The lowest BCUT2D eigenvalue weighted by Gasteiger charge is -2.38.